The molecule has 2 N–H and O–H groups in total. The Labute approximate surface area is 118 Å². The lowest BCUT2D eigenvalue weighted by Crippen LogP contribution is -1.98. The minimum absolute atomic E-state index is 0.247. The third-order valence-electron chi connectivity index (χ3n) is 2.70. The van der Waals surface area contributed by atoms with Gasteiger partial charge in [0.25, 0.3) is 0 Å². The third kappa shape index (κ3) is 2.71. The smallest absolute Gasteiger partial charge is 0.214 e. The van der Waals surface area contributed by atoms with Crippen molar-refractivity contribution in [1.82, 2.24) is 4.98 Å². The first kappa shape index (κ1) is 12.0. The van der Waals surface area contributed by atoms with Crippen LogP contribution in [0.3, 0.4) is 0 Å². The number of phenolic OH excluding ortho intramolecular Hbond substituents is 1. The van der Waals surface area contributed by atoms with Crippen molar-refractivity contribution in [3.63, 3.8) is 0 Å². The Kier molecular flexibility index (Phi) is 3.13. The Morgan fingerprint density at radius 2 is 1.95 bits per heavy atom. The lowest BCUT2D eigenvalue weighted by Gasteiger charge is -2.02. The zero-order valence-electron chi connectivity index (χ0n) is 9.93. The molecule has 2 aromatic carbocycles. The summed E-state index contributed by atoms with van der Waals surface area (Å²) in [7, 11) is 0. The first-order chi connectivity index (χ1) is 9.20. The molecule has 3 rings (SSSR count). The maximum Gasteiger partial charge on any atom is 0.214 e. The molecule has 3 aromatic rings. The van der Waals surface area contributed by atoms with E-state index in [1.165, 1.54) is 0 Å². The number of halogens is 1. The number of aromatic hydroxyl groups is 1. The van der Waals surface area contributed by atoms with Crippen LogP contribution < -0.4 is 5.32 Å². The molecule has 0 fully saturated rings. The fourth-order valence-corrected chi connectivity index (χ4v) is 2.13. The number of benzene rings is 2. The molecule has 0 atom stereocenters. The van der Waals surface area contributed by atoms with Crippen LogP contribution in [0.1, 0.15) is 5.89 Å². The average Bonchev–Trinajstić information content (AvgIpc) is 2.80. The quantitative estimate of drug-likeness (QED) is 0.719. The van der Waals surface area contributed by atoms with E-state index in [9.17, 15) is 5.11 Å². The van der Waals surface area contributed by atoms with Crippen molar-refractivity contribution in [3.05, 3.63) is 52.8 Å². The Balaban J connectivity index is 1.76. The molecule has 1 aromatic heterocycles. The molecule has 0 aliphatic heterocycles. The van der Waals surface area contributed by atoms with Crippen LogP contribution in [0, 0.1) is 0 Å². The summed E-state index contributed by atoms with van der Waals surface area (Å²) in [6, 6.07) is 12.6. The van der Waals surface area contributed by atoms with Gasteiger partial charge in [0.1, 0.15) is 11.3 Å². The van der Waals surface area contributed by atoms with Gasteiger partial charge in [0.05, 0.1) is 6.54 Å². The van der Waals surface area contributed by atoms with Crippen molar-refractivity contribution in [2.75, 3.05) is 5.32 Å². The molecule has 0 saturated carbocycles. The van der Waals surface area contributed by atoms with Gasteiger partial charge in [0.2, 0.25) is 5.89 Å². The first-order valence-corrected chi connectivity index (χ1v) is 6.58. The van der Waals surface area contributed by atoms with E-state index in [1.54, 1.807) is 24.3 Å². The summed E-state index contributed by atoms with van der Waals surface area (Å²) in [6.45, 7) is 0.497. The number of nitrogens with zero attached hydrogens (tertiary/aromatic N) is 1. The highest BCUT2D eigenvalue weighted by molar-refractivity contribution is 9.10. The molecule has 0 bridgehead atoms. The van der Waals surface area contributed by atoms with Gasteiger partial charge in [-0.1, -0.05) is 15.9 Å². The van der Waals surface area contributed by atoms with E-state index in [4.69, 9.17) is 4.42 Å². The van der Waals surface area contributed by atoms with Crippen LogP contribution in [-0.4, -0.2) is 10.1 Å². The van der Waals surface area contributed by atoms with Crippen LogP contribution in [0.4, 0.5) is 5.69 Å². The van der Waals surface area contributed by atoms with E-state index in [2.05, 4.69) is 26.2 Å². The number of fused-ring (bicyclic) bond motifs is 1. The summed E-state index contributed by atoms with van der Waals surface area (Å²) in [5.74, 6) is 0.874. The zero-order chi connectivity index (χ0) is 13.2. The monoisotopic (exact) mass is 318 g/mol. The van der Waals surface area contributed by atoms with Gasteiger partial charge in [-0.2, -0.15) is 0 Å². The number of rotatable bonds is 3. The molecule has 4 nitrogen and oxygen atoms in total. The predicted octanol–water partition coefficient (Wildman–Crippen LogP) is 3.91. The minimum Gasteiger partial charge on any atom is -0.508 e. The van der Waals surface area contributed by atoms with Gasteiger partial charge >= 0.3 is 0 Å². The van der Waals surface area contributed by atoms with Gasteiger partial charge in [-0.25, -0.2) is 4.98 Å². The molecule has 5 heteroatoms. The maximum atomic E-state index is 9.20. The molecular weight excluding hydrogens is 308 g/mol. The van der Waals surface area contributed by atoms with E-state index >= 15 is 0 Å². The molecular formula is C14H11BrN2O2. The molecule has 0 spiro atoms. The number of nitrogens with one attached hydrogen (secondary N) is 1. The van der Waals surface area contributed by atoms with Crippen molar-refractivity contribution in [1.29, 1.82) is 0 Å². The van der Waals surface area contributed by atoms with Gasteiger partial charge < -0.3 is 14.8 Å². The maximum absolute atomic E-state index is 9.20. The number of anilines is 1. The summed E-state index contributed by atoms with van der Waals surface area (Å²) >= 11 is 3.40. The number of hydrogen-bond donors (Lipinski definition) is 2. The van der Waals surface area contributed by atoms with Crippen LogP contribution >= 0.6 is 15.9 Å². The van der Waals surface area contributed by atoms with Crippen molar-refractivity contribution in [3.8, 4) is 5.75 Å². The fourth-order valence-electron chi connectivity index (χ4n) is 1.78. The second-order valence-electron chi connectivity index (χ2n) is 4.12. The highest BCUT2D eigenvalue weighted by atomic mass is 79.9. The molecule has 19 heavy (non-hydrogen) atoms. The minimum atomic E-state index is 0.247. The molecule has 0 radical (unpaired) electrons. The Morgan fingerprint density at radius 3 is 2.74 bits per heavy atom. The average molecular weight is 319 g/mol. The largest absolute Gasteiger partial charge is 0.508 e. The van der Waals surface area contributed by atoms with Gasteiger partial charge in [-0.3, -0.25) is 0 Å². The lowest BCUT2D eigenvalue weighted by atomic mass is 10.3. The van der Waals surface area contributed by atoms with Gasteiger partial charge in [-0.05, 0) is 42.5 Å². The topological polar surface area (TPSA) is 58.3 Å². The summed E-state index contributed by atoms with van der Waals surface area (Å²) in [6.07, 6.45) is 0. The van der Waals surface area contributed by atoms with Crippen LogP contribution in [0.25, 0.3) is 11.1 Å². The molecule has 1 heterocycles. The third-order valence-corrected chi connectivity index (χ3v) is 3.20. The van der Waals surface area contributed by atoms with E-state index < -0.39 is 0 Å². The number of hydrogen-bond acceptors (Lipinski definition) is 4. The summed E-state index contributed by atoms with van der Waals surface area (Å²) in [4.78, 5) is 4.40. The van der Waals surface area contributed by atoms with E-state index in [-0.39, 0.29) is 5.75 Å². The molecule has 0 aliphatic carbocycles. The van der Waals surface area contributed by atoms with Crippen LogP contribution in [0.15, 0.2) is 51.4 Å². The first-order valence-electron chi connectivity index (χ1n) is 5.78. The summed E-state index contributed by atoms with van der Waals surface area (Å²) in [5.41, 5.74) is 2.50. The van der Waals surface area contributed by atoms with E-state index in [1.807, 2.05) is 18.2 Å². The standard InChI is InChI=1S/C14H11BrN2O2/c15-9-1-6-13-12(7-9)17-14(19-13)8-16-10-2-4-11(18)5-3-10/h1-7,16,18H,8H2. The fraction of sp³-hybridized carbons (Fsp3) is 0.0714. The van der Waals surface area contributed by atoms with Crippen molar-refractivity contribution < 1.29 is 9.52 Å². The van der Waals surface area contributed by atoms with Gasteiger partial charge in [0.15, 0.2) is 5.58 Å². The normalized spacial score (nSPS) is 10.8. The van der Waals surface area contributed by atoms with Crippen molar-refractivity contribution in [2.24, 2.45) is 0 Å². The second-order valence-corrected chi connectivity index (χ2v) is 5.04. The summed E-state index contributed by atoms with van der Waals surface area (Å²) in [5, 5.41) is 12.4. The predicted molar refractivity (Wildman–Crippen MR) is 77.1 cm³/mol. The molecule has 0 amide bonds. The van der Waals surface area contributed by atoms with Crippen LogP contribution in [0.5, 0.6) is 5.75 Å². The summed E-state index contributed by atoms with van der Waals surface area (Å²) < 4.78 is 6.60. The second kappa shape index (κ2) is 4.93. The Bertz CT molecular complexity index is 707. The molecule has 0 saturated heterocycles. The number of oxazole rings is 1. The Morgan fingerprint density at radius 1 is 1.16 bits per heavy atom. The highest BCUT2D eigenvalue weighted by Crippen LogP contribution is 2.21. The van der Waals surface area contributed by atoms with E-state index in [0.29, 0.717) is 12.4 Å². The van der Waals surface area contributed by atoms with Crippen molar-refractivity contribution >= 4 is 32.7 Å². The van der Waals surface area contributed by atoms with Crippen LogP contribution in [-0.2, 0) is 6.54 Å². The number of aromatic nitrogens is 1. The molecule has 0 aliphatic rings. The SMILES string of the molecule is Oc1ccc(NCc2nc3cc(Br)ccc3o2)cc1. The molecule has 96 valence electrons. The van der Waals surface area contributed by atoms with Crippen molar-refractivity contribution in [2.45, 2.75) is 6.54 Å². The highest BCUT2D eigenvalue weighted by Gasteiger charge is 2.05. The number of phenols is 1. The van der Waals surface area contributed by atoms with Gasteiger partial charge in [0, 0.05) is 10.2 Å². The zero-order valence-corrected chi connectivity index (χ0v) is 11.5. The van der Waals surface area contributed by atoms with E-state index in [0.717, 1.165) is 21.3 Å². The van der Waals surface area contributed by atoms with Gasteiger partial charge in [-0.15, -0.1) is 0 Å². The lowest BCUT2D eigenvalue weighted by molar-refractivity contribution is 0.475. The molecule has 0 unspecified atom stereocenters. The van der Waals surface area contributed by atoms with Crippen LogP contribution in [0.2, 0.25) is 0 Å². The Hall–Kier alpha value is -2.01.